The molecule has 0 atom stereocenters. The minimum Gasteiger partial charge on any atom is -0.355 e. The quantitative estimate of drug-likeness (QED) is 0.756. The third-order valence-corrected chi connectivity index (χ3v) is 4.99. The first kappa shape index (κ1) is 14.9. The lowest BCUT2D eigenvalue weighted by molar-refractivity contribution is -0.120. The van der Waals surface area contributed by atoms with Crippen molar-refractivity contribution in [2.45, 2.75) is 12.8 Å². The van der Waals surface area contributed by atoms with Gasteiger partial charge in [0, 0.05) is 30.2 Å². The van der Waals surface area contributed by atoms with Crippen molar-refractivity contribution in [3.05, 3.63) is 58.7 Å². The van der Waals surface area contributed by atoms with Gasteiger partial charge in [0.05, 0.1) is 17.0 Å². The van der Waals surface area contributed by atoms with Gasteiger partial charge in [0.25, 0.3) is 0 Å². The Kier molecular flexibility index (Phi) is 4.92. The lowest BCUT2D eigenvalue weighted by Gasteiger charge is -2.03. The number of thiazole rings is 1. The summed E-state index contributed by atoms with van der Waals surface area (Å²) in [7, 11) is 0. The maximum Gasteiger partial charge on any atom is 0.226 e. The molecule has 0 unspecified atom stereocenters. The Bertz CT molecular complexity index is 723. The lowest BCUT2D eigenvalue weighted by Crippen LogP contribution is -2.27. The van der Waals surface area contributed by atoms with Crippen molar-refractivity contribution >= 4 is 28.6 Å². The summed E-state index contributed by atoms with van der Waals surface area (Å²) < 4.78 is 0. The molecule has 3 rings (SSSR count). The molecular formula is C16H15N3OS2. The summed E-state index contributed by atoms with van der Waals surface area (Å²) in [5, 5.41) is 7.87. The van der Waals surface area contributed by atoms with Crippen molar-refractivity contribution in [3.8, 4) is 9.88 Å². The molecule has 0 saturated heterocycles. The molecule has 1 amide bonds. The number of rotatable bonds is 6. The maximum absolute atomic E-state index is 11.9. The summed E-state index contributed by atoms with van der Waals surface area (Å²) >= 11 is 3.24. The zero-order valence-electron chi connectivity index (χ0n) is 11.9. The Morgan fingerprint density at radius 2 is 2.09 bits per heavy atom. The van der Waals surface area contributed by atoms with E-state index in [1.54, 1.807) is 28.9 Å². The lowest BCUT2D eigenvalue weighted by atomic mass is 10.2. The molecule has 4 nitrogen and oxygen atoms in total. The molecule has 3 aromatic heterocycles. The summed E-state index contributed by atoms with van der Waals surface area (Å²) in [6.45, 7) is 0.595. The molecule has 6 heteroatoms. The van der Waals surface area contributed by atoms with E-state index in [-0.39, 0.29) is 5.91 Å². The van der Waals surface area contributed by atoms with Crippen LogP contribution in [0.5, 0.6) is 0 Å². The second-order valence-corrected chi connectivity index (χ2v) is 6.52. The van der Waals surface area contributed by atoms with Gasteiger partial charge < -0.3 is 5.32 Å². The Morgan fingerprint density at radius 1 is 1.14 bits per heavy atom. The topological polar surface area (TPSA) is 54.9 Å². The Hall–Kier alpha value is -2.05. The number of amides is 1. The number of thiophene rings is 1. The number of pyridine rings is 1. The summed E-state index contributed by atoms with van der Waals surface area (Å²) in [6.07, 6.45) is 2.83. The van der Waals surface area contributed by atoms with Crippen molar-refractivity contribution in [2.75, 3.05) is 6.54 Å². The van der Waals surface area contributed by atoms with Crippen LogP contribution in [-0.4, -0.2) is 22.4 Å². The second-order valence-electron chi connectivity index (χ2n) is 4.72. The van der Waals surface area contributed by atoms with E-state index < -0.39 is 0 Å². The van der Waals surface area contributed by atoms with Gasteiger partial charge in [0.1, 0.15) is 5.01 Å². The summed E-state index contributed by atoms with van der Waals surface area (Å²) in [5.74, 6) is -0.000962. The van der Waals surface area contributed by atoms with Crippen LogP contribution in [-0.2, 0) is 17.6 Å². The number of carbonyl (C=O) groups excluding carboxylic acids is 1. The van der Waals surface area contributed by atoms with E-state index in [1.807, 2.05) is 41.1 Å². The third-order valence-electron chi connectivity index (χ3n) is 3.05. The molecule has 3 heterocycles. The predicted molar refractivity (Wildman–Crippen MR) is 90.1 cm³/mol. The summed E-state index contributed by atoms with van der Waals surface area (Å²) in [6, 6.07) is 9.84. The van der Waals surface area contributed by atoms with Crippen LogP contribution in [0.15, 0.2) is 47.3 Å². The van der Waals surface area contributed by atoms with Crippen LogP contribution in [0.3, 0.4) is 0 Å². The van der Waals surface area contributed by atoms with Gasteiger partial charge in [-0.25, -0.2) is 4.98 Å². The zero-order valence-corrected chi connectivity index (χ0v) is 13.5. The zero-order chi connectivity index (χ0) is 15.2. The number of carbonyl (C=O) groups is 1. The Labute approximate surface area is 136 Å². The largest absolute Gasteiger partial charge is 0.355 e. The first-order valence-electron chi connectivity index (χ1n) is 6.96. The number of hydrogen-bond acceptors (Lipinski definition) is 5. The molecule has 0 aliphatic heterocycles. The highest BCUT2D eigenvalue weighted by molar-refractivity contribution is 7.20. The van der Waals surface area contributed by atoms with Gasteiger partial charge in [-0.3, -0.25) is 9.78 Å². The average Bonchev–Trinajstić information content (AvgIpc) is 3.19. The number of hydrogen-bond donors (Lipinski definition) is 1. The van der Waals surface area contributed by atoms with Gasteiger partial charge in [-0.1, -0.05) is 12.1 Å². The maximum atomic E-state index is 11.9. The molecular weight excluding hydrogens is 314 g/mol. The van der Waals surface area contributed by atoms with Gasteiger partial charge in [-0.2, -0.15) is 0 Å². The van der Waals surface area contributed by atoms with Crippen LogP contribution in [0.4, 0.5) is 0 Å². The van der Waals surface area contributed by atoms with E-state index >= 15 is 0 Å². The molecule has 22 heavy (non-hydrogen) atoms. The number of aromatic nitrogens is 2. The summed E-state index contributed by atoms with van der Waals surface area (Å²) in [4.78, 5) is 21.8. The van der Waals surface area contributed by atoms with Crippen molar-refractivity contribution in [2.24, 2.45) is 0 Å². The summed E-state index contributed by atoms with van der Waals surface area (Å²) in [5.41, 5.74) is 1.81. The molecule has 0 radical (unpaired) electrons. The van der Waals surface area contributed by atoms with E-state index in [2.05, 4.69) is 15.3 Å². The van der Waals surface area contributed by atoms with Crippen LogP contribution in [0.25, 0.3) is 9.88 Å². The second kappa shape index (κ2) is 7.29. The van der Waals surface area contributed by atoms with E-state index in [0.717, 1.165) is 27.7 Å². The monoisotopic (exact) mass is 329 g/mol. The van der Waals surface area contributed by atoms with Crippen molar-refractivity contribution < 1.29 is 4.79 Å². The Balaban J connectivity index is 1.48. The predicted octanol–water partition coefficient (Wildman–Crippen LogP) is 3.17. The van der Waals surface area contributed by atoms with Crippen molar-refractivity contribution in [1.82, 2.24) is 15.3 Å². The molecule has 1 N–H and O–H groups in total. The van der Waals surface area contributed by atoms with E-state index in [0.29, 0.717) is 13.0 Å². The Morgan fingerprint density at radius 3 is 2.86 bits per heavy atom. The van der Waals surface area contributed by atoms with Crippen LogP contribution >= 0.6 is 22.7 Å². The fourth-order valence-corrected chi connectivity index (χ4v) is 3.64. The molecule has 3 aromatic rings. The molecule has 0 aliphatic carbocycles. The highest BCUT2D eigenvalue weighted by atomic mass is 32.1. The molecule has 0 aromatic carbocycles. The van der Waals surface area contributed by atoms with E-state index in [1.165, 1.54) is 0 Å². The normalized spacial score (nSPS) is 10.5. The van der Waals surface area contributed by atoms with Crippen LogP contribution in [0, 0.1) is 0 Å². The van der Waals surface area contributed by atoms with Crippen molar-refractivity contribution in [1.29, 1.82) is 0 Å². The van der Waals surface area contributed by atoms with Gasteiger partial charge in [0.15, 0.2) is 0 Å². The standard InChI is InChI=1S/C16H15N3OS2/c20-15(18-8-6-12-4-1-2-7-17-12)10-13-11-22-16(19-13)14-5-3-9-21-14/h1-5,7,9,11H,6,8,10H2,(H,18,20). The van der Waals surface area contributed by atoms with Crippen LogP contribution in [0.1, 0.15) is 11.4 Å². The molecule has 0 bridgehead atoms. The van der Waals surface area contributed by atoms with Crippen LogP contribution < -0.4 is 5.32 Å². The highest BCUT2D eigenvalue weighted by Gasteiger charge is 2.09. The first-order valence-corrected chi connectivity index (χ1v) is 8.72. The molecule has 0 fully saturated rings. The van der Waals surface area contributed by atoms with Crippen molar-refractivity contribution in [3.63, 3.8) is 0 Å². The van der Waals surface area contributed by atoms with Gasteiger partial charge >= 0.3 is 0 Å². The van der Waals surface area contributed by atoms with E-state index in [4.69, 9.17) is 0 Å². The number of nitrogens with zero attached hydrogens (tertiary/aromatic N) is 2. The molecule has 112 valence electrons. The minimum absolute atomic E-state index is 0.000962. The fourth-order valence-electron chi connectivity index (χ4n) is 2.00. The minimum atomic E-state index is -0.000962. The molecule has 0 saturated carbocycles. The van der Waals surface area contributed by atoms with Gasteiger partial charge in [0.2, 0.25) is 5.91 Å². The fraction of sp³-hybridized carbons (Fsp3) is 0.188. The smallest absolute Gasteiger partial charge is 0.226 e. The average molecular weight is 329 g/mol. The third kappa shape index (κ3) is 3.99. The van der Waals surface area contributed by atoms with E-state index in [9.17, 15) is 4.79 Å². The SMILES string of the molecule is O=C(Cc1csc(-c2cccs2)n1)NCCc1ccccn1. The van der Waals surface area contributed by atoms with Gasteiger partial charge in [-0.05, 0) is 23.6 Å². The molecule has 0 aliphatic rings. The van der Waals surface area contributed by atoms with Crippen LogP contribution in [0.2, 0.25) is 0 Å². The number of nitrogens with one attached hydrogen (secondary N) is 1. The first-order chi connectivity index (χ1) is 10.8. The highest BCUT2D eigenvalue weighted by Crippen LogP contribution is 2.27. The van der Waals surface area contributed by atoms with Gasteiger partial charge in [-0.15, -0.1) is 22.7 Å². The molecule has 0 spiro atoms.